The Bertz CT molecular complexity index is 1490. The van der Waals surface area contributed by atoms with E-state index in [9.17, 15) is 0 Å². The summed E-state index contributed by atoms with van der Waals surface area (Å²) >= 11 is 12.6. The topological polar surface area (TPSA) is 37.2 Å². The lowest BCUT2D eigenvalue weighted by Gasteiger charge is -2.37. The van der Waals surface area contributed by atoms with Crippen molar-refractivity contribution >= 4 is 45.7 Å². The fourth-order valence-corrected chi connectivity index (χ4v) is 5.16. The molecule has 0 aliphatic carbocycles. The Morgan fingerprint density at radius 2 is 1.31 bits per heavy atom. The number of piperazine rings is 1. The number of aromatic nitrogens is 3. The lowest BCUT2D eigenvalue weighted by Crippen LogP contribution is -2.46. The Labute approximate surface area is 214 Å². The molecular formula is C28H23Cl2N5. The maximum absolute atomic E-state index is 6.33. The molecule has 6 rings (SSSR count). The van der Waals surface area contributed by atoms with Gasteiger partial charge in [0, 0.05) is 59.4 Å². The molecule has 0 bridgehead atoms. The van der Waals surface area contributed by atoms with Gasteiger partial charge in [-0.15, -0.1) is 0 Å². The van der Waals surface area contributed by atoms with E-state index in [4.69, 9.17) is 33.2 Å². The molecular weight excluding hydrogens is 477 g/mol. The normalized spacial score (nSPS) is 14.0. The predicted molar refractivity (Wildman–Crippen MR) is 145 cm³/mol. The van der Waals surface area contributed by atoms with Crippen LogP contribution < -0.4 is 9.80 Å². The van der Waals surface area contributed by atoms with Crippen molar-refractivity contribution in [3.8, 4) is 16.8 Å². The number of benzene rings is 3. The molecule has 0 N–H and O–H groups in total. The zero-order chi connectivity index (χ0) is 23.8. The number of nitrogens with zero attached hydrogens (tertiary/aromatic N) is 5. The third kappa shape index (κ3) is 4.22. The van der Waals surface area contributed by atoms with Gasteiger partial charge in [-0.2, -0.15) is 0 Å². The molecule has 0 saturated carbocycles. The average Bonchev–Trinajstić information content (AvgIpc) is 3.29. The van der Waals surface area contributed by atoms with E-state index in [0.717, 1.165) is 70.6 Å². The highest BCUT2D eigenvalue weighted by atomic mass is 35.5. The SMILES string of the molecule is Clc1cccc(N2CCN(c3ncnc4c3c(-c3ccccc3)cn4-c3cccc(Cl)c3)CC2)c1. The maximum Gasteiger partial charge on any atom is 0.150 e. The summed E-state index contributed by atoms with van der Waals surface area (Å²) in [5.41, 5.74) is 5.23. The fraction of sp³-hybridized carbons (Fsp3) is 0.143. The molecule has 1 saturated heterocycles. The molecule has 1 aliphatic rings. The Hall–Kier alpha value is -3.54. The summed E-state index contributed by atoms with van der Waals surface area (Å²) in [5, 5.41) is 2.50. The number of hydrogen-bond acceptors (Lipinski definition) is 4. The zero-order valence-electron chi connectivity index (χ0n) is 19.0. The van der Waals surface area contributed by atoms with Crippen molar-refractivity contribution in [2.75, 3.05) is 36.0 Å². The van der Waals surface area contributed by atoms with Crippen molar-refractivity contribution in [3.05, 3.63) is 101 Å². The van der Waals surface area contributed by atoms with Crippen LogP contribution in [0.25, 0.3) is 27.8 Å². The zero-order valence-corrected chi connectivity index (χ0v) is 20.5. The van der Waals surface area contributed by atoms with Crippen molar-refractivity contribution < 1.29 is 0 Å². The maximum atomic E-state index is 6.33. The lowest BCUT2D eigenvalue weighted by molar-refractivity contribution is 0.649. The quantitative estimate of drug-likeness (QED) is 0.275. The number of halogens is 2. The van der Waals surface area contributed by atoms with Gasteiger partial charge in [0.15, 0.2) is 5.65 Å². The van der Waals surface area contributed by atoms with Crippen molar-refractivity contribution in [1.29, 1.82) is 0 Å². The van der Waals surface area contributed by atoms with Gasteiger partial charge in [0.2, 0.25) is 0 Å². The number of hydrogen-bond donors (Lipinski definition) is 0. The summed E-state index contributed by atoms with van der Waals surface area (Å²) < 4.78 is 2.11. The summed E-state index contributed by atoms with van der Waals surface area (Å²) in [7, 11) is 0. The summed E-state index contributed by atoms with van der Waals surface area (Å²) in [6.07, 6.45) is 3.81. The Kier molecular flexibility index (Phi) is 5.80. The summed E-state index contributed by atoms with van der Waals surface area (Å²) in [6.45, 7) is 3.49. The van der Waals surface area contributed by atoms with Gasteiger partial charge in [0.1, 0.15) is 12.1 Å². The second kappa shape index (κ2) is 9.25. The molecule has 7 heteroatoms. The molecule has 3 heterocycles. The van der Waals surface area contributed by atoms with Crippen molar-refractivity contribution in [1.82, 2.24) is 14.5 Å². The molecule has 0 spiro atoms. The largest absolute Gasteiger partial charge is 0.368 e. The van der Waals surface area contributed by atoms with Crippen molar-refractivity contribution in [3.63, 3.8) is 0 Å². The summed E-state index contributed by atoms with van der Waals surface area (Å²) in [4.78, 5) is 14.2. The molecule has 35 heavy (non-hydrogen) atoms. The first-order valence-electron chi connectivity index (χ1n) is 11.6. The minimum atomic E-state index is 0.692. The van der Waals surface area contributed by atoms with Crippen LogP contribution in [-0.2, 0) is 0 Å². The van der Waals surface area contributed by atoms with Crippen LogP contribution in [0.3, 0.4) is 0 Å². The molecule has 0 amide bonds. The second-order valence-electron chi connectivity index (χ2n) is 8.61. The van der Waals surface area contributed by atoms with Crippen LogP contribution in [-0.4, -0.2) is 40.7 Å². The van der Waals surface area contributed by atoms with Crippen LogP contribution in [0.1, 0.15) is 0 Å². The van der Waals surface area contributed by atoms with Gasteiger partial charge in [-0.05, 0) is 42.0 Å². The number of fused-ring (bicyclic) bond motifs is 1. The third-order valence-corrected chi connectivity index (χ3v) is 6.96. The van der Waals surface area contributed by atoms with E-state index in [-0.39, 0.29) is 0 Å². The molecule has 0 radical (unpaired) electrons. The van der Waals surface area contributed by atoms with E-state index >= 15 is 0 Å². The average molecular weight is 500 g/mol. The molecule has 0 atom stereocenters. The van der Waals surface area contributed by atoms with Gasteiger partial charge in [0.25, 0.3) is 0 Å². The molecule has 0 unspecified atom stereocenters. The van der Waals surface area contributed by atoms with Crippen LogP contribution in [0, 0.1) is 0 Å². The van der Waals surface area contributed by atoms with Gasteiger partial charge >= 0.3 is 0 Å². The predicted octanol–water partition coefficient (Wildman–Crippen LogP) is 6.72. The Morgan fingerprint density at radius 3 is 2.03 bits per heavy atom. The van der Waals surface area contributed by atoms with E-state index in [2.05, 4.69) is 50.9 Å². The van der Waals surface area contributed by atoms with Gasteiger partial charge in [0.05, 0.1) is 5.39 Å². The molecule has 2 aromatic heterocycles. The Morgan fingerprint density at radius 1 is 0.657 bits per heavy atom. The lowest BCUT2D eigenvalue weighted by atomic mass is 10.1. The van der Waals surface area contributed by atoms with Gasteiger partial charge in [-0.1, -0.05) is 65.7 Å². The third-order valence-electron chi connectivity index (χ3n) is 6.49. The first kappa shape index (κ1) is 22.0. The van der Waals surface area contributed by atoms with Gasteiger partial charge in [-0.25, -0.2) is 9.97 Å². The molecule has 1 fully saturated rings. The molecule has 5 nitrogen and oxygen atoms in total. The summed E-state index contributed by atoms with van der Waals surface area (Å²) in [6, 6.07) is 26.3. The summed E-state index contributed by atoms with van der Waals surface area (Å²) in [5.74, 6) is 0.959. The van der Waals surface area contributed by atoms with Gasteiger partial charge in [-0.3, -0.25) is 0 Å². The van der Waals surface area contributed by atoms with Crippen LogP contribution in [0.2, 0.25) is 10.0 Å². The highest BCUT2D eigenvalue weighted by molar-refractivity contribution is 6.31. The minimum Gasteiger partial charge on any atom is -0.368 e. The van der Waals surface area contributed by atoms with Crippen LogP contribution >= 0.6 is 23.2 Å². The highest BCUT2D eigenvalue weighted by Crippen LogP contribution is 2.37. The van der Waals surface area contributed by atoms with Crippen molar-refractivity contribution in [2.24, 2.45) is 0 Å². The molecule has 174 valence electrons. The van der Waals surface area contributed by atoms with E-state index < -0.39 is 0 Å². The molecule has 1 aliphatic heterocycles. The minimum absolute atomic E-state index is 0.692. The molecule has 5 aromatic rings. The van der Waals surface area contributed by atoms with Gasteiger partial charge < -0.3 is 14.4 Å². The van der Waals surface area contributed by atoms with E-state index in [1.165, 1.54) is 0 Å². The van der Waals surface area contributed by atoms with Crippen LogP contribution in [0.4, 0.5) is 11.5 Å². The van der Waals surface area contributed by atoms with Crippen LogP contribution in [0.5, 0.6) is 0 Å². The Balaban J connectivity index is 1.43. The van der Waals surface area contributed by atoms with E-state index in [0.29, 0.717) is 5.02 Å². The van der Waals surface area contributed by atoms with Crippen LogP contribution in [0.15, 0.2) is 91.4 Å². The first-order chi connectivity index (χ1) is 17.2. The van der Waals surface area contributed by atoms with E-state index in [1.54, 1.807) is 6.33 Å². The smallest absolute Gasteiger partial charge is 0.150 e. The number of rotatable bonds is 4. The fourth-order valence-electron chi connectivity index (χ4n) is 4.79. The second-order valence-corrected chi connectivity index (χ2v) is 9.48. The highest BCUT2D eigenvalue weighted by Gasteiger charge is 2.24. The standard InChI is InChI=1S/C28H23Cl2N5/c29-21-8-4-10-23(16-21)33-12-14-34(15-13-33)27-26-25(20-6-2-1-3-7-20)18-35(28(26)32-19-31-27)24-11-5-9-22(30)17-24/h1-11,16-19H,12-15H2. The first-order valence-corrected chi connectivity index (χ1v) is 12.4. The monoisotopic (exact) mass is 499 g/mol. The molecule has 3 aromatic carbocycles. The number of anilines is 2. The van der Waals surface area contributed by atoms with E-state index in [1.807, 2.05) is 48.5 Å². The van der Waals surface area contributed by atoms with Crippen molar-refractivity contribution in [2.45, 2.75) is 0 Å².